The van der Waals surface area contributed by atoms with Gasteiger partial charge in [-0.25, -0.2) is 14.6 Å². The lowest BCUT2D eigenvalue weighted by Crippen LogP contribution is -2.41. The zero-order chi connectivity index (χ0) is 26.9. The van der Waals surface area contributed by atoms with Gasteiger partial charge in [0.15, 0.2) is 5.65 Å². The molecule has 0 radical (unpaired) electrons. The zero-order valence-electron chi connectivity index (χ0n) is 22.8. The van der Waals surface area contributed by atoms with Crippen LogP contribution in [-0.4, -0.2) is 49.7 Å². The highest BCUT2D eigenvalue weighted by Gasteiger charge is 2.29. The summed E-state index contributed by atoms with van der Waals surface area (Å²) in [5, 5.41) is 8.91. The van der Waals surface area contributed by atoms with Crippen LogP contribution >= 0.6 is 0 Å². The Morgan fingerprint density at radius 1 is 1.03 bits per heavy atom. The molecule has 1 aliphatic heterocycles. The molecule has 1 aliphatic rings. The first-order chi connectivity index (χ1) is 18.2. The first kappa shape index (κ1) is 25.9. The average molecular weight is 513 g/mol. The lowest BCUT2D eigenvalue weighted by atomic mass is 9.95. The van der Waals surface area contributed by atoms with E-state index in [9.17, 15) is 4.79 Å². The Labute approximate surface area is 224 Å². The molecule has 2 aromatic carbocycles. The van der Waals surface area contributed by atoms with Crippen LogP contribution in [-0.2, 0) is 4.79 Å². The van der Waals surface area contributed by atoms with Crippen molar-refractivity contribution in [2.45, 2.75) is 59.5 Å². The standard InChI is InChI=1S/C30H36N6O2/c1-20(2)35-17-9-10-22(18-35)36-28-25(27(31-19-32-28)33-29(37)30(3,4)5)26(34-36)21-13-15-24(16-14-21)38-23-11-7-6-8-12-23/h6-8,11-16,19-20,22H,9-10,17-18H2,1-5H3,(H,31,32,33,37)/t22-/m1/s1. The minimum Gasteiger partial charge on any atom is -0.457 e. The summed E-state index contributed by atoms with van der Waals surface area (Å²) < 4.78 is 8.04. The van der Waals surface area contributed by atoms with Gasteiger partial charge in [-0.2, -0.15) is 5.10 Å². The van der Waals surface area contributed by atoms with Crippen LogP contribution in [0, 0.1) is 5.41 Å². The molecule has 0 bridgehead atoms. The van der Waals surface area contributed by atoms with Crippen LogP contribution < -0.4 is 10.1 Å². The van der Waals surface area contributed by atoms with Gasteiger partial charge in [-0.1, -0.05) is 39.0 Å². The molecular weight excluding hydrogens is 476 g/mol. The molecule has 0 saturated carbocycles. The fraction of sp³-hybridized carbons (Fsp3) is 0.400. The molecule has 4 aromatic rings. The molecule has 8 nitrogen and oxygen atoms in total. The Morgan fingerprint density at radius 2 is 1.74 bits per heavy atom. The summed E-state index contributed by atoms with van der Waals surface area (Å²) in [6.45, 7) is 12.1. The van der Waals surface area contributed by atoms with Gasteiger partial charge in [-0.15, -0.1) is 0 Å². The van der Waals surface area contributed by atoms with Crippen molar-refractivity contribution in [2.75, 3.05) is 18.4 Å². The summed E-state index contributed by atoms with van der Waals surface area (Å²) >= 11 is 0. The number of anilines is 1. The van der Waals surface area contributed by atoms with Crippen molar-refractivity contribution in [3.05, 3.63) is 60.9 Å². The van der Waals surface area contributed by atoms with Crippen molar-refractivity contribution < 1.29 is 9.53 Å². The molecule has 2 aromatic heterocycles. The number of carbonyl (C=O) groups excluding carboxylic acids is 1. The second kappa shape index (κ2) is 10.5. The molecule has 0 unspecified atom stereocenters. The summed E-state index contributed by atoms with van der Waals surface area (Å²) in [6, 6.07) is 18.2. The van der Waals surface area contributed by atoms with Gasteiger partial charge in [0, 0.05) is 23.6 Å². The second-order valence-electron chi connectivity index (χ2n) is 11.2. The van der Waals surface area contributed by atoms with Crippen molar-refractivity contribution in [1.82, 2.24) is 24.6 Å². The van der Waals surface area contributed by atoms with Crippen LogP contribution in [0.2, 0.25) is 0 Å². The van der Waals surface area contributed by atoms with Gasteiger partial charge >= 0.3 is 0 Å². The smallest absolute Gasteiger partial charge is 0.230 e. The minimum atomic E-state index is -0.564. The molecule has 1 fully saturated rings. The Morgan fingerprint density at radius 3 is 2.42 bits per heavy atom. The van der Waals surface area contributed by atoms with E-state index in [2.05, 4.69) is 34.0 Å². The van der Waals surface area contributed by atoms with E-state index >= 15 is 0 Å². The predicted molar refractivity (Wildman–Crippen MR) is 150 cm³/mol. The maximum atomic E-state index is 12.9. The van der Waals surface area contributed by atoms with E-state index < -0.39 is 5.41 Å². The molecule has 198 valence electrons. The molecule has 0 spiro atoms. The number of nitrogens with zero attached hydrogens (tertiary/aromatic N) is 5. The van der Waals surface area contributed by atoms with E-state index in [0.29, 0.717) is 11.9 Å². The number of hydrogen-bond donors (Lipinski definition) is 1. The number of para-hydroxylation sites is 1. The van der Waals surface area contributed by atoms with Gasteiger partial charge in [0.25, 0.3) is 0 Å². The monoisotopic (exact) mass is 512 g/mol. The lowest BCUT2D eigenvalue weighted by molar-refractivity contribution is -0.123. The van der Waals surface area contributed by atoms with Gasteiger partial charge in [-0.05, 0) is 69.6 Å². The highest BCUT2D eigenvalue weighted by Crippen LogP contribution is 2.36. The van der Waals surface area contributed by atoms with Crippen LogP contribution in [0.15, 0.2) is 60.9 Å². The fourth-order valence-corrected chi connectivity index (χ4v) is 4.78. The van der Waals surface area contributed by atoms with Crippen LogP contribution in [0.4, 0.5) is 5.82 Å². The molecule has 8 heteroatoms. The number of nitrogens with one attached hydrogen (secondary N) is 1. The molecule has 1 amide bonds. The molecule has 3 heterocycles. The van der Waals surface area contributed by atoms with Crippen molar-refractivity contribution in [1.29, 1.82) is 0 Å². The van der Waals surface area contributed by atoms with Crippen LogP contribution in [0.3, 0.4) is 0 Å². The van der Waals surface area contributed by atoms with Crippen molar-refractivity contribution in [2.24, 2.45) is 5.41 Å². The number of hydrogen-bond acceptors (Lipinski definition) is 6. The highest BCUT2D eigenvalue weighted by molar-refractivity contribution is 6.05. The number of benzene rings is 2. The van der Waals surface area contributed by atoms with E-state index in [0.717, 1.165) is 59.7 Å². The molecule has 0 aliphatic carbocycles. The Bertz CT molecular complexity index is 1410. The second-order valence-corrected chi connectivity index (χ2v) is 11.2. The molecule has 1 N–H and O–H groups in total. The quantitative estimate of drug-likeness (QED) is 0.326. The number of ether oxygens (including phenoxy) is 1. The van der Waals surface area contributed by atoms with E-state index in [1.807, 2.05) is 80.1 Å². The third-order valence-corrected chi connectivity index (χ3v) is 7.01. The summed E-state index contributed by atoms with van der Waals surface area (Å²) in [5.41, 5.74) is 1.83. The number of amides is 1. The van der Waals surface area contributed by atoms with Gasteiger partial charge in [0.05, 0.1) is 11.4 Å². The third-order valence-electron chi connectivity index (χ3n) is 7.01. The zero-order valence-corrected chi connectivity index (χ0v) is 22.8. The summed E-state index contributed by atoms with van der Waals surface area (Å²) in [7, 11) is 0. The number of aromatic nitrogens is 4. The van der Waals surface area contributed by atoms with Crippen LogP contribution in [0.1, 0.15) is 53.5 Å². The number of fused-ring (bicyclic) bond motifs is 1. The highest BCUT2D eigenvalue weighted by atomic mass is 16.5. The van der Waals surface area contributed by atoms with Crippen LogP contribution in [0.25, 0.3) is 22.3 Å². The van der Waals surface area contributed by atoms with Gasteiger partial charge in [-0.3, -0.25) is 9.69 Å². The maximum absolute atomic E-state index is 12.9. The van der Waals surface area contributed by atoms with Crippen molar-refractivity contribution in [3.63, 3.8) is 0 Å². The lowest BCUT2D eigenvalue weighted by Gasteiger charge is -2.35. The SMILES string of the molecule is CC(C)N1CCC[C@@H](n2nc(-c3ccc(Oc4ccccc4)cc3)c3c(NC(=O)C(C)(C)C)ncnc32)C1. The Balaban J connectivity index is 1.57. The first-order valence-corrected chi connectivity index (χ1v) is 13.3. The minimum absolute atomic E-state index is 0.105. The number of carbonyl (C=O) groups is 1. The number of piperidine rings is 1. The average Bonchev–Trinajstić information content (AvgIpc) is 3.30. The van der Waals surface area contributed by atoms with Crippen molar-refractivity contribution >= 4 is 22.8 Å². The van der Waals surface area contributed by atoms with Crippen LogP contribution in [0.5, 0.6) is 11.5 Å². The number of rotatable bonds is 6. The molecule has 38 heavy (non-hydrogen) atoms. The maximum Gasteiger partial charge on any atom is 0.230 e. The molecular formula is C30H36N6O2. The van der Waals surface area contributed by atoms with E-state index in [-0.39, 0.29) is 11.9 Å². The normalized spacial score (nSPS) is 16.6. The summed E-state index contributed by atoms with van der Waals surface area (Å²) in [4.78, 5) is 24.6. The topological polar surface area (TPSA) is 85.2 Å². The fourth-order valence-electron chi connectivity index (χ4n) is 4.78. The van der Waals surface area contributed by atoms with Gasteiger partial charge < -0.3 is 10.1 Å². The van der Waals surface area contributed by atoms with E-state index in [1.165, 1.54) is 6.33 Å². The Hall–Kier alpha value is -3.78. The van der Waals surface area contributed by atoms with Crippen molar-refractivity contribution in [3.8, 4) is 22.8 Å². The summed E-state index contributed by atoms with van der Waals surface area (Å²) in [5.74, 6) is 1.90. The van der Waals surface area contributed by atoms with Gasteiger partial charge in [0.1, 0.15) is 29.3 Å². The third kappa shape index (κ3) is 5.41. The van der Waals surface area contributed by atoms with E-state index in [4.69, 9.17) is 9.84 Å². The predicted octanol–water partition coefficient (Wildman–Crippen LogP) is 6.32. The summed E-state index contributed by atoms with van der Waals surface area (Å²) in [6.07, 6.45) is 3.64. The first-order valence-electron chi connectivity index (χ1n) is 13.3. The molecule has 1 atom stereocenters. The number of likely N-dealkylation sites (tertiary alicyclic amines) is 1. The largest absolute Gasteiger partial charge is 0.457 e. The molecule has 1 saturated heterocycles. The van der Waals surface area contributed by atoms with E-state index in [1.54, 1.807) is 0 Å². The Kier molecular flexibility index (Phi) is 7.17. The molecule has 5 rings (SSSR count). The van der Waals surface area contributed by atoms with Gasteiger partial charge in [0.2, 0.25) is 5.91 Å².